The monoisotopic (exact) mass is 540 g/mol. The Bertz CT molecular complexity index is 619. The summed E-state index contributed by atoms with van der Waals surface area (Å²) in [5, 5.41) is 0. The topological polar surface area (TPSA) is 12.4 Å². The first-order valence-corrected chi connectivity index (χ1v) is 18.0. The van der Waals surface area contributed by atoms with Gasteiger partial charge in [0.15, 0.2) is 0 Å². The minimum absolute atomic E-state index is 1.15. The fourth-order valence-electron chi connectivity index (χ4n) is 5.79. The highest BCUT2D eigenvalue weighted by molar-refractivity contribution is 5.86. The number of benzene rings is 1. The summed E-state index contributed by atoms with van der Waals surface area (Å²) in [7, 11) is 0. The molecule has 0 unspecified atom stereocenters. The van der Waals surface area contributed by atoms with E-state index in [0.717, 1.165) is 5.69 Å². The normalized spacial score (nSPS) is 11.9. The molecule has 0 atom stereocenters. The standard InChI is InChI=1S/C38H69N/c1-3-5-7-9-11-13-15-17-19-21-23-25-27-30-34-37(39-38-35-31-28-32-36-38)33-29-26-24-22-20-18-16-14-12-10-8-6-4-2/h28,31-32,35-36H,3-27,29-30,33-34H2,1-2H3. The molecule has 0 spiro atoms. The second kappa shape index (κ2) is 29.9. The summed E-state index contributed by atoms with van der Waals surface area (Å²) in [5.74, 6) is 0. The van der Waals surface area contributed by atoms with Gasteiger partial charge < -0.3 is 0 Å². The number of hydrogen-bond donors (Lipinski definition) is 0. The molecule has 1 heteroatoms. The van der Waals surface area contributed by atoms with Gasteiger partial charge in [-0.2, -0.15) is 0 Å². The molecule has 0 heterocycles. The molecule has 0 radical (unpaired) electrons. The first-order chi connectivity index (χ1) is 19.4. The van der Waals surface area contributed by atoms with Crippen molar-refractivity contribution in [1.82, 2.24) is 0 Å². The minimum Gasteiger partial charge on any atom is -0.258 e. The van der Waals surface area contributed by atoms with Crippen LogP contribution in [0.3, 0.4) is 0 Å². The average molecular weight is 540 g/mol. The van der Waals surface area contributed by atoms with Crippen molar-refractivity contribution in [3.8, 4) is 0 Å². The second-order valence-electron chi connectivity index (χ2n) is 12.4. The van der Waals surface area contributed by atoms with Gasteiger partial charge in [0.2, 0.25) is 0 Å². The molecule has 0 amide bonds. The van der Waals surface area contributed by atoms with E-state index in [2.05, 4.69) is 44.2 Å². The largest absolute Gasteiger partial charge is 0.258 e. The minimum atomic E-state index is 1.15. The number of para-hydroxylation sites is 1. The maximum Gasteiger partial charge on any atom is 0.0629 e. The molecule has 0 fully saturated rings. The van der Waals surface area contributed by atoms with E-state index in [1.165, 1.54) is 192 Å². The van der Waals surface area contributed by atoms with Crippen LogP contribution in [0.25, 0.3) is 0 Å². The maximum atomic E-state index is 5.07. The van der Waals surface area contributed by atoms with Gasteiger partial charge in [-0.25, -0.2) is 0 Å². The van der Waals surface area contributed by atoms with Crippen LogP contribution in [-0.2, 0) is 0 Å². The Morgan fingerprint density at radius 2 is 0.667 bits per heavy atom. The van der Waals surface area contributed by atoms with Crippen LogP contribution in [0.4, 0.5) is 5.69 Å². The van der Waals surface area contributed by atoms with Crippen LogP contribution < -0.4 is 0 Å². The molecule has 226 valence electrons. The van der Waals surface area contributed by atoms with E-state index in [1.54, 1.807) is 0 Å². The van der Waals surface area contributed by atoms with Crippen LogP contribution in [0.5, 0.6) is 0 Å². The molecular formula is C38H69N. The average Bonchev–Trinajstić information content (AvgIpc) is 2.96. The molecule has 0 bridgehead atoms. The Labute approximate surface area is 246 Å². The second-order valence-corrected chi connectivity index (χ2v) is 12.4. The van der Waals surface area contributed by atoms with E-state index in [0.29, 0.717) is 0 Å². The number of rotatable bonds is 30. The van der Waals surface area contributed by atoms with Crippen LogP contribution in [0, 0.1) is 0 Å². The SMILES string of the molecule is CCCCCCCCCCCCCCCCC(CCCCCCCCCCCCCCC)=Nc1ccccc1. The van der Waals surface area contributed by atoms with Crippen molar-refractivity contribution in [1.29, 1.82) is 0 Å². The summed E-state index contributed by atoms with van der Waals surface area (Å²) < 4.78 is 0. The fourth-order valence-corrected chi connectivity index (χ4v) is 5.79. The molecule has 0 aliphatic heterocycles. The van der Waals surface area contributed by atoms with Gasteiger partial charge in [0.25, 0.3) is 0 Å². The van der Waals surface area contributed by atoms with E-state index in [4.69, 9.17) is 4.99 Å². The van der Waals surface area contributed by atoms with Crippen LogP contribution in [0.2, 0.25) is 0 Å². The van der Waals surface area contributed by atoms with Gasteiger partial charge in [-0.15, -0.1) is 0 Å². The molecule has 1 aromatic rings. The lowest BCUT2D eigenvalue weighted by Crippen LogP contribution is -1.99. The van der Waals surface area contributed by atoms with E-state index >= 15 is 0 Å². The number of nitrogens with zero attached hydrogens (tertiary/aromatic N) is 1. The van der Waals surface area contributed by atoms with Crippen molar-refractivity contribution < 1.29 is 0 Å². The summed E-state index contributed by atoms with van der Waals surface area (Å²) in [6.45, 7) is 4.61. The highest BCUT2D eigenvalue weighted by Crippen LogP contribution is 2.19. The molecule has 0 aliphatic rings. The number of hydrogen-bond acceptors (Lipinski definition) is 1. The molecule has 1 nitrogen and oxygen atoms in total. The number of unbranched alkanes of at least 4 members (excludes halogenated alkanes) is 25. The highest BCUT2D eigenvalue weighted by atomic mass is 14.7. The van der Waals surface area contributed by atoms with Gasteiger partial charge in [-0.05, 0) is 37.8 Å². The van der Waals surface area contributed by atoms with Gasteiger partial charge in [-0.3, -0.25) is 4.99 Å². The van der Waals surface area contributed by atoms with Gasteiger partial charge >= 0.3 is 0 Å². The van der Waals surface area contributed by atoms with Gasteiger partial charge in [-0.1, -0.05) is 193 Å². The predicted molar refractivity (Wildman–Crippen MR) is 179 cm³/mol. The molecule has 0 aromatic heterocycles. The highest BCUT2D eigenvalue weighted by Gasteiger charge is 2.03. The molecule has 1 aromatic carbocycles. The summed E-state index contributed by atoms with van der Waals surface area (Å²) in [6.07, 6.45) is 40.9. The zero-order valence-electron chi connectivity index (χ0n) is 26.8. The van der Waals surface area contributed by atoms with Crippen molar-refractivity contribution in [3.05, 3.63) is 30.3 Å². The first kappa shape index (κ1) is 35.9. The third-order valence-corrected chi connectivity index (χ3v) is 8.43. The molecule has 0 aliphatic carbocycles. The zero-order chi connectivity index (χ0) is 27.9. The summed E-state index contributed by atoms with van der Waals surface area (Å²) in [6, 6.07) is 10.7. The lowest BCUT2D eigenvalue weighted by molar-refractivity contribution is 0.536. The molecule has 0 saturated carbocycles. The summed E-state index contributed by atoms with van der Waals surface area (Å²) in [5.41, 5.74) is 2.59. The van der Waals surface area contributed by atoms with Crippen LogP contribution in [0.1, 0.15) is 200 Å². The van der Waals surface area contributed by atoms with Crippen molar-refractivity contribution >= 4 is 11.4 Å². The van der Waals surface area contributed by atoms with Gasteiger partial charge in [0, 0.05) is 5.71 Å². The Balaban J connectivity index is 2.06. The first-order valence-electron chi connectivity index (χ1n) is 18.0. The van der Waals surface area contributed by atoms with Crippen LogP contribution in [0.15, 0.2) is 35.3 Å². The summed E-state index contributed by atoms with van der Waals surface area (Å²) >= 11 is 0. The molecule has 0 saturated heterocycles. The lowest BCUT2D eigenvalue weighted by atomic mass is 10.0. The van der Waals surface area contributed by atoms with E-state index in [1.807, 2.05) is 0 Å². The molecular weight excluding hydrogens is 470 g/mol. The van der Waals surface area contributed by atoms with Crippen LogP contribution in [-0.4, -0.2) is 5.71 Å². The Morgan fingerprint density at radius 1 is 0.385 bits per heavy atom. The Hall–Kier alpha value is -1.11. The van der Waals surface area contributed by atoms with E-state index < -0.39 is 0 Å². The van der Waals surface area contributed by atoms with Crippen molar-refractivity contribution in [2.75, 3.05) is 0 Å². The molecule has 1 rings (SSSR count). The van der Waals surface area contributed by atoms with Gasteiger partial charge in [0.05, 0.1) is 5.69 Å². The van der Waals surface area contributed by atoms with Gasteiger partial charge in [0.1, 0.15) is 0 Å². The third-order valence-electron chi connectivity index (χ3n) is 8.43. The van der Waals surface area contributed by atoms with Crippen molar-refractivity contribution in [3.63, 3.8) is 0 Å². The van der Waals surface area contributed by atoms with Crippen molar-refractivity contribution in [2.45, 2.75) is 200 Å². The quantitative estimate of drug-likeness (QED) is 0.0680. The van der Waals surface area contributed by atoms with Crippen LogP contribution >= 0.6 is 0 Å². The Morgan fingerprint density at radius 3 is 0.974 bits per heavy atom. The lowest BCUT2D eigenvalue weighted by Gasteiger charge is -2.08. The number of aliphatic imine (C=N–C) groups is 1. The summed E-state index contributed by atoms with van der Waals surface area (Å²) in [4.78, 5) is 5.07. The smallest absolute Gasteiger partial charge is 0.0629 e. The van der Waals surface area contributed by atoms with Crippen molar-refractivity contribution in [2.24, 2.45) is 4.99 Å². The zero-order valence-corrected chi connectivity index (χ0v) is 26.8. The maximum absolute atomic E-state index is 5.07. The predicted octanol–water partition coefficient (Wildman–Crippen LogP) is 14.1. The molecule has 39 heavy (non-hydrogen) atoms. The fraction of sp³-hybridized carbons (Fsp3) is 0.816. The Kier molecular flexibility index (Phi) is 27.5. The van der Waals surface area contributed by atoms with E-state index in [-0.39, 0.29) is 0 Å². The van der Waals surface area contributed by atoms with E-state index in [9.17, 15) is 0 Å². The third kappa shape index (κ3) is 25.6. The molecule has 0 N–H and O–H groups in total.